The predicted molar refractivity (Wildman–Crippen MR) is 114 cm³/mol. The molecule has 3 aliphatic rings. The Morgan fingerprint density at radius 3 is 2.41 bits per heavy atom. The van der Waals surface area contributed by atoms with Gasteiger partial charge in [0.05, 0.1) is 0 Å². The average molecular weight is 370 g/mol. The lowest BCUT2D eigenvalue weighted by Gasteiger charge is -2.40. The summed E-state index contributed by atoms with van der Waals surface area (Å²) in [4.78, 5) is 12.2. The summed E-state index contributed by atoms with van der Waals surface area (Å²) >= 11 is 0. The van der Waals surface area contributed by atoms with Crippen molar-refractivity contribution in [3.63, 3.8) is 0 Å². The first-order valence-corrected chi connectivity index (χ1v) is 10.7. The lowest BCUT2D eigenvalue weighted by atomic mass is 9.68. The first kappa shape index (κ1) is 18.6. The third kappa shape index (κ3) is 4.08. The van der Waals surface area contributed by atoms with E-state index in [4.69, 9.17) is 0 Å². The summed E-state index contributed by atoms with van der Waals surface area (Å²) < 4.78 is 0. The van der Waals surface area contributed by atoms with Crippen LogP contribution in [0.5, 0.6) is 0 Å². The minimum Gasteiger partial charge on any atom is -0.369 e. The normalized spacial score (nSPS) is 24.1. The van der Waals surface area contributed by atoms with Crippen molar-refractivity contribution in [1.82, 2.24) is 15.1 Å². The minimum absolute atomic E-state index is 0.528. The Morgan fingerprint density at radius 1 is 1.07 bits per heavy atom. The molecule has 4 rings (SSSR count). The lowest BCUT2D eigenvalue weighted by Crippen LogP contribution is -2.53. The van der Waals surface area contributed by atoms with Gasteiger partial charge in [0.2, 0.25) is 0 Å². The van der Waals surface area contributed by atoms with Gasteiger partial charge >= 0.3 is 0 Å². The van der Waals surface area contributed by atoms with E-state index in [1.807, 2.05) is 7.05 Å². The van der Waals surface area contributed by atoms with Crippen LogP contribution in [0.25, 0.3) is 0 Å². The fraction of sp³-hybridized carbons (Fsp3) is 0.682. The van der Waals surface area contributed by atoms with E-state index >= 15 is 0 Å². The monoisotopic (exact) mass is 369 g/mol. The van der Waals surface area contributed by atoms with Gasteiger partial charge in [0.15, 0.2) is 5.96 Å². The van der Waals surface area contributed by atoms with Crippen LogP contribution in [0.4, 0.5) is 5.69 Å². The lowest BCUT2D eigenvalue weighted by molar-refractivity contribution is 0.151. The molecule has 1 aromatic carbocycles. The first-order chi connectivity index (χ1) is 13.2. The molecule has 2 saturated heterocycles. The maximum atomic E-state index is 4.57. The molecule has 3 fully saturated rings. The zero-order valence-electron chi connectivity index (χ0n) is 17.0. The van der Waals surface area contributed by atoms with Gasteiger partial charge in [0.25, 0.3) is 0 Å². The van der Waals surface area contributed by atoms with Crippen LogP contribution >= 0.6 is 0 Å². The predicted octanol–water partition coefficient (Wildman–Crippen LogP) is 2.65. The molecule has 0 aromatic heterocycles. The second-order valence-electron chi connectivity index (χ2n) is 8.66. The van der Waals surface area contributed by atoms with E-state index < -0.39 is 0 Å². The van der Waals surface area contributed by atoms with Crippen molar-refractivity contribution in [3.05, 3.63) is 30.3 Å². The first-order valence-electron chi connectivity index (χ1n) is 10.7. The van der Waals surface area contributed by atoms with Gasteiger partial charge in [0.1, 0.15) is 0 Å². The van der Waals surface area contributed by atoms with Gasteiger partial charge in [-0.2, -0.15) is 0 Å². The molecule has 27 heavy (non-hydrogen) atoms. The maximum absolute atomic E-state index is 4.57. The Balaban J connectivity index is 1.23. The van der Waals surface area contributed by atoms with Crippen molar-refractivity contribution in [2.24, 2.45) is 10.4 Å². The zero-order valence-corrected chi connectivity index (χ0v) is 17.0. The smallest absolute Gasteiger partial charge is 0.193 e. The molecule has 0 bridgehead atoms. The Hall–Kier alpha value is -1.75. The molecule has 2 aliphatic heterocycles. The van der Waals surface area contributed by atoms with Crippen LogP contribution in [0.2, 0.25) is 0 Å². The van der Waals surface area contributed by atoms with Crippen LogP contribution in [0.3, 0.4) is 0 Å². The number of piperazine rings is 1. The highest BCUT2D eigenvalue weighted by Crippen LogP contribution is 2.47. The highest BCUT2D eigenvalue weighted by molar-refractivity contribution is 5.80. The van der Waals surface area contributed by atoms with E-state index in [0.717, 1.165) is 38.7 Å². The fourth-order valence-electron chi connectivity index (χ4n) is 4.96. The largest absolute Gasteiger partial charge is 0.369 e. The molecule has 0 amide bonds. The summed E-state index contributed by atoms with van der Waals surface area (Å²) in [5.74, 6) is 1.11. The van der Waals surface area contributed by atoms with Gasteiger partial charge in [-0.1, -0.05) is 24.6 Å². The Bertz CT molecular complexity index is 631. The second-order valence-corrected chi connectivity index (χ2v) is 8.66. The van der Waals surface area contributed by atoms with E-state index in [9.17, 15) is 0 Å². The number of aliphatic imine (C=N–C) groups is 1. The van der Waals surface area contributed by atoms with E-state index in [-0.39, 0.29) is 0 Å². The van der Waals surface area contributed by atoms with Crippen LogP contribution in [0, 0.1) is 5.41 Å². The highest BCUT2D eigenvalue weighted by Gasteiger charge is 2.43. The molecule has 5 nitrogen and oxygen atoms in total. The van der Waals surface area contributed by atoms with E-state index in [2.05, 4.69) is 62.3 Å². The Morgan fingerprint density at radius 2 is 1.81 bits per heavy atom. The van der Waals surface area contributed by atoms with E-state index in [0.29, 0.717) is 11.5 Å². The summed E-state index contributed by atoms with van der Waals surface area (Å²) in [6, 6.07) is 11.3. The van der Waals surface area contributed by atoms with Gasteiger partial charge in [-0.25, -0.2) is 0 Å². The van der Waals surface area contributed by atoms with Gasteiger partial charge in [0, 0.05) is 64.6 Å². The zero-order chi connectivity index (χ0) is 18.7. The molecule has 0 radical (unpaired) electrons. The van der Waals surface area contributed by atoms with Crippen molar-refractivity contribution in [2.45, 2.75) is 38.6 Å². The molecule has 1 saturated carbocycles. The van der Waals surface area contributed by atoms with Crippen LogP contribution in [0.1, 0.15) is 32.6 Å². The summed E-state index contributed by atoms with van der Waals surface area (Å²) in [6.45, 7) is 10.2. The molecule has 1 atom stereocenters. The summed E-state index contributed by atoms with van der Waals surface area (Å²) in [6.07, 6.45) is 5.61. The molecule has 148 valence electrons. The number of hydrogen-bond acceptors (Lipinski definition) is 3. The molecular weight excluding hydrogens is 334 g/mol. The van der Waals surface area contributed by atoms with Crippen LogP contribution < -0.4 is 10.2 Å². The number of nitrogens with zero attached hydrogens (tertiary/aromatic N) is 4. The molecule has 1 N–H and O–H groups in total. The molecule has 1 unspecified atom stereocenters. The van der Waals surface area contributed by atoms with E-state index in [1.165, 1.54) is 44.5 Å². The molecular formula is C22H35N5. The number of likely N-dealkylation sites (tertiary alicyclic amines) is 1. The van der Waals surface area contributed by atoms with Gasteiger partial charge in [-0.05, 0) is 43.7 Å². The molecule has 1 spiro atoms. The fourth-order valence-corrected chi connectivity index (χ4v) is 4.96. The second kappa shape index (κ2) is 8.09. The van der Waals surface area contributed by atoms with Crippen molar-refractivity contribution >= 4 is 11.6 Å². The third-order valence-electron chi connectivity index (χ3n) is 6.98. The number of nitrogens with one attached hydrogen (secondary N) is 1. The van der Waals surface area contributed by atoms with Gasteiger partial charge < -0.3 is 15.1 Å². The van der Waals surface area contributed by atoms with Crippen LogP contribution in [0.15, 0.2) is 35.3 Å². The van der Waals surface area contributed by atoms with Crippen molar-refractivity contribution in [1.29, 1.82) is 0 Å². The van der Waals surface area contributed by atoms with Crippen molar-refractivity contribution in [3.8, 4) is 0 Å². The third-order valence-corrected chi connectivity index (χ3v) is 6.98. The summed E-state index contributed by atoms with van der Waals surface area (Å²) in [5.41, 5.74) is 1.97. The van der Waals surface area contributed by atoms with Crippen molar-refractivity contribution in [2.75, 3.05) is 57.8 Å². The SMILES string of the molecule is CN=C(NCC(C)N1CCN(c2ccccc2)CC1)N1CCC2(CCC2)C1. The van der Waals surface area contributed by atoms with Crippen molar-refractivity contribution < 1.29 is 0 Å². The minimum atomic E-state index is 0.528. The van der Waals surface area contributed by atoms with Crippen LogP contribution in [-0.2, 0) is 0 Å². The number of rotatable bonds is 4. The number of benzene rings is 1. The summed E-state index contributed by atoms with van der Waals surface area (Å²) in [7, 11) is 1.93. The highest BCUT2D eigenvalue weighted by atomic mass is 15.3. The number of hydrogen-bond donors (Lipinski definition) is 1. The van der Waals surface area contributed by atoms with Gasteiger partial charge in [-0.3, -0.25) is 9.89 Å². The molecule has 2 heterocycles. The maximum Gasteiger partial charge on any atom is 0.193 e. The standard InChI is InChI=1S/C22H35N5/c1-19(25-13-15-26(16-14-25)20-7-4-3-5-8-20)17-24-21(23-2)27-12-11-22(18-27)9-6-10-22/h3-5,7-8,19H,6,9-18H2,1-2H3,(H,23,24). The summed E-state index contributed by atoms with van der Waals surface area (Å²) in [5, 5.41) is 3.66. The van der Waals surface area contributed by atoms with Gasteiger partial charge in [-0.15, -0.1) is 0 Å². The van der Waals surface area contributed by atoms with Crippen LogP contribution in [-0.4, -0.2) is 74.7 Å². The molecule has 5 heteroatoms. The number of guanidine groups is 1. The topological polar surface area (TPSA) is 34.1 Å². The number of anilines is 1. The average Bonchev–Trinajstić information content (AvgIpc) is 3.15. The van der Waals surface area contributed by atoms with E-state index in [1.54, 1.807) is 0 Å². The number of para-hydroxylation sites is 1. The quantitative estimate of drug-likeness (QED) is 0.654. The Kier molecular flexibility index (Phi) is 5.58. The molecule has 1 aromatic rings. The Labute approximate surface area is 164 Å². The molecule has 1 aliphatic carbocycles.